The summed E-state index contributed by atoms with van der Waals surface area (Å²) in [4.78, 5) is 10.4. The number of carboxylic acid groups (broad SMARTS) is 1. The largest absolute Gasteiger partial charge is 0.481 e. The summed E-state index contributed by atoms with van der Waals surface area (Å²) in [6.07, 6.45) is 0. The lowest BCUT2D eigenvalue weighted by Crippen LogP contribution is -1.97. The fraction of sp³-hybridized carbons (Fsp3) is 0.182. The van der Waals surface area contributed by atoms with Gasteiger partial charge in [0, 0.05) is 0 Å². The normalized spacial score (nSPS) is 10.6. The number of aryl methyl sites for hydroxylation is 1. The van der Waals surface area contributed by atoms with Crippen LogP contribution in [0.2, 0.25) is 5.02 Å². The number of thioether (sulfide) groups is 1. The number of halogens is 1. The van der Waals surface area contributed by atoms with Gasteiger partial charge < -0.3 is 9.52 Å². The lowest BCUT2D eigenvalue weighted by molar-refractivity contribution is -0.133. The monoisotopic (exact) mass is 284 g/mol. The molecule has 0 amide bonds. The number of carboxylic acids is 1. The third-order valence-corrected chi connectivity index (χ3v) is 3.20. The summed E-state index contributed by atoms with van der Waals surface area (Å²) in [6.45, 7) is 1.93. The minimum atomic E-state index is -0.937. The molecular formula is C11H9ClN2O3S. The van der Waals surface area contributed by atoms with E-state index >= 15 is 0 Å². The SMILES string of the molecule is Cc1ccc(-c2nnc(SCC(=O)O)o2)c(Cl)c1. The molecule has 0 bridgehead atoms. The van der Waals surface area contributed by atoms with Crippen LogP contribution in [-0.4, -0.2) is 27.0 Å². The Kier molecular flexibility index (Phi) is 3.88. The molecule has 0 aliphatic carbocycles. The van der Waals surface area contributed by atoms with Gasteiger partial charge in [0.05, 0.1) is 10.6 Å². The second kappa shape index (κ2) is 5.41. The molecule has 0 saturated heterocycles. The fourth-order valence-corrected chi connectivity index (χ4v) is 2.09. The Bertz CT molecular complexity index is 585. The molecule has 0 aliphatic rings. The van der Waals surface area contributed by atoms with E-state index in [2.05, 4.69) is 10.2 Å². The molecule has 1 aromatic carbocycles. The molecule has 0 unspecified atom stereocenters. The van der Waals surface area contributed by atoms with E-state index in [-0.39, 0.29) is 16.9 Å². The maximum Gasteiger partial charge on any atom is 0.314 e. The summed E-state index contributed by atoms with van der Waals surface area (Å²) in [5, 5.41) is 16.9. The molecule has 0 radical (unpaired) electrons. The van der Waals surface area contributed by atoms with Gasteiger partial charge in [-0.15, -0.1) is 10.2 Å². The van der Waals surface area contributed by atoms with E-state index in [1.165, 1.54) is 0 Å². The average molecular weight is 285 g/mol. The predicted octanol–water partition coefficient (Wildman–Crippen LogP) is 2.88. The summed E-state index contributed by atoms with van der Waals surface area (Å²) in [7, 11) is 0. The number of rotatable bonds is 4. The molecule has 18 heavy (non-hydrogen) atoms. The molecule has 94 valence electrons. The van der Waals surface area contributed by atoms with Gasteiger partial charge >= 0.3 is 5.97 Å². The number of carbonyl (C=O) groups is 1. The van der Waals surface area contributed by atoms with Gasteiger partial charge in [-0.05, 0) is 24.6 Å². The fourth-order valence-electron chi connectivity index (χ4n) is 1.29. The van der Waals surface area contributed by atoms with Crippen molar-refractivity contribution in [3.8, 4) is 11.5 Å². The smallest absolute Gasteiger partial charge is 0.314 e. The highest BCUT2D eigenvalue weighted by Crippen LogP contribution is 2.29. The molecule has 7 heteroatoms. The van der Waals surface area contributed by atoms with Crippen molar-refractivity contribution in [2.75, 3.05) is 5.75 Å². The number of aliphatic carboxylic acids is 1. The molecule has 0 aliphatic heterocycles. The zero-order valence-corrected chi connectivity index (χ0v) is 11.0. The van der Waals surface area contributed by atoms with Gasteiger partial charge in [0.25, 0.3) is 5.22 Å². The Morgan fingerprint density at radius 1 is 1.50 bits per heavy atom. The highest BCUT2D eigenvalue weighted by Gasteiger charge is 2.13. The number of benzene rings is 1. The zero-order chi connectivity index (χ0) is 13.1. The van der Waals surface area contributed by atoms with Gasteiger partial charge in [0.1, 0.15) is 5.75 Å². The lowest BCUT2D eigenvalue weighted by Gasteiger charge is -1.99. The molecule has 1 aromatic heterocycles. The van der Waals surface area contributed by atoms with Crippen LogP contribution in [0.1, 0.15) is 5.56 Å². The maximum atomic E-state index is 10.4. The van der Waals surface area contributed by atoms with Crippen molar-refractivity contribution in [3.63, 3.8) is 0 Å². The molecule has 5 nitrogen and oxygen atoms in total. The van der Waals surface area contributed by atoms with Crippen molar-refractivity contribution in [2.45, 2.75) is 12.1 Å². The second-order valence-corrected chi connectivity index (χ2v) is 4.87. The minimum Gasteiger partial charge on any atom is -0.481 e. The van der Waals surface area contributed by atoms with Crippen molar-refractivity contribution in [1.29, 1.82) is 0 Å². The van der Waals surface area contributed by atoms with Gasteiger partial charge in [0.15, 0.2) is 0 Å². The molecule has 0 saturated carbocycles. The van der Waals surface area contributed by atoms with Crippen LogP contribution >= 0.6 is 23.4 Å². The second-order valence-electron chi connectivity index (χ2n) is 3.54. The van der Waals surface area contributed by atoms with Crippen LogP contribution < -0.4 is 0 Å². The Morgan fingerprint density at radius 3 is 2.94 bits per heavy atom. The Morgan fingerprint density at radius 2 is 2.28 bits per heavy atom. The van der Waals surface area contributed by atoms with Crippen LogP contribution in [-0.2, 0) is 4.79 Å². The third kappa shape index (κ3) is 3.02. The molecule has 2 rings (SSSR count). The molecular weight excluding hydrogens is 276 g/mol. The molecule has 1 N–H and O–H groups in total. The molecule has 1 heterocycles. The van der Waals surface area contributed by atoms with Crippen LogP contribution in [0.4, 0.5) is 0 Å². The topological polar surface area (TPSA) is 76.2 Å². The van der Waals surface area contributed by atoms with Gasteiger partial charge in [-0.3, -0.25) is 4.79 Å². The summed E-state index contributed by atoms with van der Waals surface area (Å²) in [5.74, 6) is -0.774. The van der Waals surface area contributed by atoms with E-state index in [0.29, 0.717) is 10.6 Å². The predicted molar refractivity (Wildman–Crippen MR) is 67.8 cm³/mol. The number of nitrogens with zero attached hydrogens (tertiary/aromatic N) is 2. The first-order valence-corrected chi connectivity index (χ1v) is 6.37. The molecule has 0 atom stereocenters. The Balaban J connectivity index is 2.21. The molecule has 0 spiro atoms. The Hall–Kier alpha value is -1.53. The van der Waals surface area contributed by atoms with Crippen molar-refractivity contribution in [2.24, 2.45) is 0 Å². The van der Waals surface area contributed by atoms with Gasteiger partial charge in [-0.2, -0.15) is 0 Å². The molecule has 2 aromatic rings. The van der Waals surface area contributed by atoms with Crippen LogP contribution in [0.15, 0.2) is 27.8 Å². The van der Waals surface area contributed by atoms with E-state index in [0.717, 1.165) is 17.3 Å². The van der Waals surface area contributed by atoms with Crippen LogP contribution in [0.5, 0.6) is 0 Å². The zero-order valence-electron chi connectivity index (χ0n) is 9.38. The first-order valence-electron chi connectivity index (χ1n) is 5.01. The van der Waals surface area contributed by atoms with E-state index in [4.69, 9.17) is 21.1 Å². The number of hydrogen-bond acceptors (Lipinski definition) is 5. The van der Waals surface area contributed by atoms with Crippen molar-refractivity contribution in [1.82, 2.24) is 10.2 Å². The van der Waals surface area contributed by atoms with Gasteiger partial charge in [0.2, 0.25) is 5.89 Å². The lowest BCUT2D eigenvalue weighted by atomic mass is 10.1. The van der Waals surface area contributed by atoms with Crippen molar-refractivity contribution in [3.05, 3.63) is 28.8 Å². The highest BCUT2D eigenvalue weighted by atomic mass is 35.5. The van der Waals surface area contributed by atoms with E-state index in [1.807, 2.05) is 13.0 Å². The Labute approximate surface area is 112 Å². The van der Waals surface area contributed by atoms with Gasteiger partial charge in [-0.25, -0.2) is 0 Å². The quantitative estimate of drug-likeness (QED) is 0.870. The van der Waals surface area contributed by atoms with E-state index in [9.17, 15) is 4.79 Å². The summed E-state index contributed by atoms with van der Waals surface area (Å²) in [5.41, 5.74) is 1.67. The first-order chi connectivity index (χ1) is 8.56. The van der Waals surface area contributed by atoms with Gasteiger partial charge in [-0.1, -0.05) is 29.4 Å². The van der Waals surface area contributed by atoms with Crippen LogP contribution in [0.3, 0.4) is 0 Å². The summed E-state index contributed by atoms with van der Waals surface area (Å²) < 4.78 is 5.33. The minimum absolute atomic E-state index is 0.122. The summed E-state index contributed by atoms with van der Waals surface area (Å²) >= 11 is 7.04. The molecule has 0 fully saturated rings. The van der Waals surface area contributed by atoms with Crippen LogP contribution in [0.25, 0.3) is 11.5 Å². The maximum absolute atomic E-state index is 10.4. The first kappa shape index (κ1) is 12.9. The van der Waals surface area contributed by atoms with E-state index < -0.39 is 5.97 Å². The van der Waals surface area contributed by atoms with Crippen molar-refractivity contribution < 1.29 is 14.3 Å². The third-order valence-electron chi connectivity index (χ3n) is 2.08. The number of hydrogen-bond donors (Lipinski definition) is 1. The summed E-state index contributed by atoms with van der Waals surface area (Å²) in [6, 6.07) is 5.47. The number of aromatic nitrogens is 2. The highest BCUT2D eigenvalue weighted by molar-refractivity contribution is 7.99. The van der Waals surface area contributed by atoms with Crippen LogP contribution in [0, 0.1) is 6.92 Å². The average Bonchev–Trinajstić information content (AvgIpc) is 2.75. The standard InChI is InChI=1S/C11H9ClN2O3S/c1-6-2-3-7(8(12)4-6)10-13-14-11(17-10)18-5-9(15)16/h2-4H,5H2,1H3,(H,15,16). The van der Waals surface area contributed by atoms with E-state index in [1.54, 1.807) is 12.1 Å². The van der Waals surface area contributed by atoms with Crippen molar-refractivity contribution >= 4 is 29.3 Å².